The molecule has 0 spiro atoms. The maximum Gasteiger partial charge on any atom is 0.137 e. The minimum atomic E-state index is -0.476. The minimum Gasteiger partial charge on any atom is -0.506 e. The molecule has 0 amide bonds. The first-order chi connectivity index (χ1) is 5.68. The Bertz CT molecular complexity index is 438. The molecule has 1 heterocycles. The van der Waals surface area contributed by atoms with Gasteiger partial charge in [-0.15, -0.1) is 11.3 Å². The van der Waals surface area contributed by atoms with E-state index in [-0.39, 0.29) is 11.1 Å². The molecule has 1 aromatic carbocycles. The molecule has 0 saturated carbocycles. The van der Waals surface area contributed by atoms with Crippen molar-refractivity contribution in [3.05, 3.63) is 28.4 Å². The first-order valence-electron chi connectivity index (χ1n) is 3.23. The fourth-order valence-electron chi connectivity index (χ4n) is 1.07. The Kier molecular flexibility index (Phi) is 1.70. The van der Waals surface area contributed by atoms with E-state index in [1.165, 1.54) is 22.8 Å². The number of thiophene rings is 1. The van der Waals surface area contributed by atoms with Gasteiger partial charge in [0.15, 0.2) is 0 Å². The van der Waals surface area contributed by atoms with Gasteiger partial charge < -0.3 is 5.11 Å². The summed E-state index contributed by atoms with van der Waals surface area (Å²) in [7, 11) is 0. The Hall–Kier alpha value is -0.800. The van der Waals surface area contributed by atoms with E-state index in [2.05, 4.69) is 0 Å². The van der Waals surface area contributed by atoms with E-state index in [9.17, 15) is 9.50 Å². The summed E-state index contributed by atoms with van der Waals surface area (Å²) in [4.78, 5) is 0. The molecule has 0 fully saturated rings. The Morgan fingerprint density at radius 3 is 2.92 bits per heavy atom. The number of rotatable bonds is 0. The molecule has 0 aliphatic rings. The lowest BCUT2D eigenvalue weighted by atomic mass is 10.2. The molecule has 0 atom stereocenters. The average Bonchev–Trinajstić information content (AvgIpc) is 2.31. The highest BCUT2D eigenvalue weighted by Crippen LogP contribution is 2.34. The second-order valence-corrected chi connectivity index (χ2v) is 3.73. The van der Waals surface area contributed by atoms with Crippen molar-refractivity contribution in [3.8, 4) is 5.75 Å². The first-order valence-corrected chi connectivity index (χ1v) is 4.49. The maximum atomic E-state index is 13.1. The quantitative estimate of drug-likeness (QED) is 0.694. The predicted octanol–water partition coefficient (Wildman–Crippen LogP) is 3.40. The van der Waals surface area contributed by atoms with Crippen LogP contribution < -0.4 is 0 Å². The number of hydrogen-bond acceptors (Lipinski definition) is 2. The Morgan fingerprint density at radius 2 is 2.17 bits per heavy atom. The molecular formula is C8H4ClFOS. The van der Waals surface area contributed by atoms with Crippen LogP contribution in [0, 0.1) is 5.82 Å². The highest BCUT2D eigenvalue weighted by Gasteiger charge is 2.08. The molecule has 12 heavy (non-hydrogen) atoms. The van der Waals surface area contributed by atoms with Gasteiger partial charge in [-0.3, -0.25) is 0 Å². The van der Waals surface area contributed by atoms with Crippen LogP contribution in [0.2, 0.25) is 5.02 Å². The molecule has 1 nitrogen and oxygen atoms in total. The number of benzene rings is 1. The number of halogens is 2. The van der Waals surface area contributed by atoms with Gasteiger partial charge in [0.05, 0.1) is 5.39 Å². The van der Waals surface area contributed by atoms with E-state index in [1.807, 2.05) is 0 Å². The average molecular weight is 203 g/mol. The van der Waals surface area contributed by atoms with E-state index in [1.54, 1.807) is 6.07 Å². The summed E-state index contributed by atoms with van der Waals surface area (Å²) in [5.41, 5.74) is 0. The van der Waals surface area contributed by atoms with Crippen LogP contribution in [0.15, 0.2) is 17.5 Å². The third-order valence-electron chi connectivity index (χ3n) is 1.57. The van der Waals surface area contributed by atoms with E-state index in [0.29, 0.717) is 9.72 Å². The number of hydrogen-bond donors (Lipinski definition) is 1. The van der Waals surface area contributed by atoms with Gasteiger partial charge in [0.2, 0.25) is 0 Å². The monoisotopic (exact) mass is 202 g/mol. The zero-order valence-electron chi connectivity index (χ0n) is 5.84. The normalized spacial score (nSPS) is 10.8. The van der Waals surface area contributed by atoms with Crippen molar-refractivity contribution in [1.29, 1.82) is 0 Å². The number of aromatic hydroxyl groups is 1. The van der Waals surface area contributed by atoms with Crippen molar-refractivity contribution < 1.29 is 9.50 Å². The molecule has 2 aromatic rings. The largest absolute Gasteiger partial charge is 0.506 e. The summed E-state index contributed by atoms with van der Waals surface area (Å²) in [6.45, 7) is 0. The van der Waals surface area contributed by atoms with Crippen LogP contribution in [0.25, 0.3) is 10.1 Å². The van der Waals surface area contributed by atoms with Gasteiger partial charge in [-0.1, -0.05) is 11.6 Å². The molecule has 0 aliphatic heterocycles. The summed E-state index contributed by atoms with van der Waals surface area (Å²) >= 11 is 6.89. The zero-order valence-corrected chi connectivity index (χ0v) is 7.42. The SMILES string of the molecule is Oc1csc2cc(Cl)cc(F)c12. The van der Waals surface area contributed by atoms with Gasteiger partial charge in [-0.25, -0.2) is 4.39 Å². The molecule has 0 saturated heterocycles. The summed E-state index contributed by atoms with van der Waals surface area (Å²) in [6.07, 6.45) is 0. The van der Waals surface area contributed by atoms with Crippen molar-refractivity contribution in [1.82, 2.24) is 0 Å². The van der Waals surface area contributed by atoms with Crippen LogP contribution in [0.3, 0.4) is 0 Å². The molecule has 4 heteroatoms. The molecule has 0 bridgehead atoms. The highest BCUT2D eigenvalue weighted by molar-refractivity contribution is 7.17. The second-order valence-electron chi connectivity index (χ2n) is 2.38. The summed E-state index contributed by atoms with van der Waals surface area (Å²) in [5.74, 6) is -0.500. The van der Waals surface area contributed by atoms with Crippen molar-refractivity contribution in [3.63, 3.8) is 0 Å². The van der Waals surface area contributed by atoms with Crippen LogP contribution in [0.1, 0.15) is 0 Å². The Morgan fingerprint density at radius 1 is 1.42 bits per heavy atom. The second kappa shape index (κ2) is 2.61. The lowest BCUT2D eigenvalue weighted by Gasteiger charge is -1.94. The summed E-state index contributed by atoms with van der Waals surface area (Å²) < 4.78 is 13.8. The molecule has 0 aliphatic carbocycles. The Balaban J connectivity index is 2.93. The van der Waals surface area contributed by atoms with Crippen molar-refractivity contribution in [2.75, 3.05) is 0 Å². The molecule has 0 radical (unpaired) electrons. The van der Waals surface area contributed by atoms with Crippen molar-refractivity contribution in [2.45, 2.75) is 0 Å². The van der Waals surface area contributed by atoms with E-state index < -0.39 is 5.82 Å². The minimum absolute atomic E-state index is 0.0239. The maximum absolute atomic E-state index is 13.1. The first kappa shape index (κ1) is 7.83. The summed E-state index contributed by atoms with van der Waals surface area (Å²) in [6, 6.07) is 2.82. The lowest BCUT2D eigenvalue weighted by Crippen LogP contribution is -1.74. The lowest BCUT2D eigenvalue weighted by molar-refractivity contribution is 0.481. The molecule has 2 rings (SSSR count). The van der Waals surface area contributed by atoms with Crippen LogP contribution in [-0.4, -0.2) is 5.11 Å². The van der Waals surface area contributed by atoms with Crippen LogP contribution in [0.4, 0.5) is 4.39 Å². The van der Waals surface area contributed by atoms with E-state index in [0.717, 1.165) is 0 Å². The van der Waals surface area contributed by atoms with Gasteiger partial charge in [0.1, 0.15) is 11.6 Å². The van der Waals surface area contributed by atoms with E-state index >= 15 is 0 Å². The predicted molar refractivity (Wildman–Crippen MR) is 48.5 cm³/mol. The molecule has 62 valence electrons. The molecular weight excluding hydrogens is 199 g/mol. The van der Waals surface area contributed by atoms with Gasteiger partial charge >= 0.3 is 0 Å². The van der Waals surface area contributed by atoms with Crippen LogP contribution in [-0.2, 0) is 0 Å². The topological polar surface area (TPSA) is 20.2 Å². The molecule has 0 unspecified atom stereocenters. The highest BCUT2D eigenvalue weighted by atomic mass is 35.5. The smallest absolute Gasteiger partial charge is 0.137 e. The fourth-order valence-corrected chi connectivity index (χ4v) is 2.21. The summed E-state index contributed by atoms with van der Waals surface area (Å²) in [5, 5.41) is 11.3. The Labute approximate surface area is 77.0 Å². The standard InChI is InChI=1S/C8H4ClFOS/c9-4-1-5(10)8-6(11)3-12-7(8)2-4/h1-3,11H. The van der Waals surface area contributed by atoms with Gasteiger partial charge in [-0.05, 0) is 12.1 Å². The molecule has 1 N–H and O–H groups in total. The van der Waals surface area contributed by atoms with Gasteiger partial charge in [0, 0.05) is 15.1 Å². The fraction of sp³-hybridized carbons (Fsp3) is 0. The third-order valence-corrected chi connectivity index (χ3v) is 2.71. The zero-order chi connectivity index (χ0) is 8.72. The third kappa shape index (κ3) is 1.06. The van der Waals surface area contributed by atoms with Crippen LogP contribution >= 0.6 is 22.9 Å². The van der Waals surface area contributed by atoms with E-state index in [4.69, 9.17) is 11.6 Å². The van der Waals surface area contributed by atoms with Crippen LogP contribution in [0.5, 0.6) is 5.75 Å². The van der Waals surface area contributed by atoms with Crippen molar-refractivity contribution in [2.24, 2.45) is 0 Å². The molecule has 1 aromatic heterocycles. The van der Waals surface area contributed by atoms with Gasteiger partial charge in [-0.2, -0.15) is 0 Å². The number of fused-ring (bicyclic) bond motifs is 1. The van der Waals surface area contributed by atoms with Crippen molar-refractivity contribution >= 4 is 33.0 Å². The van der Waals surface area contributed by atoms with Gasteiger partial charge in [0.25, 0.3) is 0 Å².